The Kier molecular flexibility index (Phi) is 5.51. The van der Waals surface area contributed by atoms with Gasteiger partial charge in [0.15, 0.2) is 5.13 Å². The molecule has 1 N–H and O–H groups in total. The topological polar surface area (TPSA) is 37.6 Å². The second-order valence-corrected chi connectivity index (χ2v) is 8.60. The van der Waals surface area contributed by atoms with Crippen LogP contribution in [0, 0.1) is 13.8 Å². The number of hydrogen-bond acceptors (Lipinski definition) is 4. The minimum Gasteiger partial charge on any atom is -0.340 e. The van der Waals surface area contributed by atoms with Gasteiger partial charge in [-0.2, -0.15) is 0 Å². The van der Waals surface area contributed by atoms with Gasteiger partial charge in [0.1, 0.15) is 0 Å². The van der Waals surface area contributed by atoms with Gasteiger partial charge in [0, 0.05) is 13.0 Å². The fourth-order valence-electron chi connectivity index (χ4n) is 2.89. The van der Waals surface area contributed by atoms with Crippen LogP contribution in [0.4, 0.5) is 5.13 Å². The highest BCUT2D eigenvalue weighted by atomic mass is 32.1. The number of benzene rings is 1. The molecular formula is C19H24N3OS2+. The number of carbonyl (C=O) groups excluding carboxylic acids is 1. The van der Waals surface area contributed by atoms with Crippen molar-refractivity contribution < 1.29 is 9.69 Å². The molecule has 132 valence electrons. The van der Waals surface area contributed by atoms with Gasteiger partial charge in [0.2, 0.25) is 0 Å². The maximum Gasteiger partial charge on any atom is 0.270 e. The van der Waals surface area contributed by atoms with Crippen LogP contribution in [-0.2, 0) is 0 Å². The lowest BCUT2D eigenvalue weighted by Gasteiger charge is -2.19. The Morgan fingerprint density at radius 1 is 1.28 bits per heavy atom. The molecule has 0 aliphatic heterocycles. The Morgan fingerprint density at radius 2 is 2.08 bits per heavy atom. The number of anilines is 1. The molecular weight excluding hydrogens is 350 g/mol. The number of fused-ring (bicyclic) bond motifs is 1. The average Bonchev–Trinajstić information content (AvgIpc) is 3.20. The third-order valence-electron chi connectivity index (χ3n) is 4.08. The second-order valence-electron chi connectivity index (χ2n) is 6.67. The highest BCUT2D eigenvalue weighted by molar-refractivity contribution is 7.22. The van der Waals surface area contributed by atoms with Crippen molar-refractivity contribution in [2.24, 2.45) is 0 Å². The summed E-state index contributed by atoms with van der Waals surface area (Å²) in [4.78, 5) is 21.8. The Bertz CT molecular complexity index is 868. The second kappa shape index (κ2) is 7.64. The zero-order valence-corrected chi connectivity index (χ0v) is 16.8. The molecule has 0 unspecified atom stereocenters. The summed E-state index contributed by atoms with van der Waals surface area (Å²) < 4.78 is 1.17. The van der Waals surface area contributed by atoms with Crippen LogP contribution in [0.2, 0.25) is 0 Å². The van der Waals surface area contributed by atoms with Crippen molar-refractivity contribution in [1.29, 1.82) is 0 Å². The standard InChI is InChI=1S/C19H23N3OS2/c1-13-11-14(2)17-15(12-13)20-19(25-17)22(9-6-8-21(3)4)18(23)16-7-5-10-24-16/h5,7,10-12H,6,8-9H2,1-4H3/p+1. The Morgan fingerprint density at radius 3 is 2.76 bits per heavy atom. The van der Waals surface area contributed by atoms with E-state index >= 15 is 0 Å². The van der Waals surface area contributed by atoms with E-state index in [1.54, 1.807) is 11.3 Å². The van der Waals surface area contributed by atoms with E-state index in [1.165, 1.54) is 32.1 Å². The van der Waals surface area contributed by atoms with Crippen LogP contribution in [0.15, 0.2) is 29.6 Å². The first kappa shape index (κ1) is 18.0. The fraction of sp³-hybridized carbons (Fsp3) is 0.368. The number of amides is 1. The predicted octanol–water partition coefficient (Wildman–Crippen LogP) is 3.16. The van der Waals surface area contributed by atoms with Crippen LogP contribution in [0.5, 0.6) is 0 Å². The zero-order chi connectivity index (χ0) is 18.0. The molecule has 3 rings (SSSR count). The van der Waals surface area contributed by atoms with Crippen molar-refractivity contribution in [3.05, 3.63) is 45.6 Å². The maximum absolute atomic E-state index is 13.0. The average molecular weight is 375 g/mol. The number of aryl methyl sites for hydroxylation is 2. The zero-order valence-electron chi connectivity index (χ0n) is 15.1. The van der Waals surface area contributed by atoms with Crippen LogP contribution in [-0.4, -0.2) is 38.1 Å². The molecule has 1 amide bonds. The normalized spacial score (nSPS) is 11.4. The SMILES string of the molecule is Cc1cc(C)c2sc(N(CCC[NH+](C)C)C(=O)c3cccs3)nc2c1. The van der Waals surface area contributed by atoms with Crippen LogP contribution >= 0.6 is 22.7 Å². The van der Waals surface area contributed by atoms with E-state index in [2.05, 4.69) is 40.1 Å². The van der Waals surface area contributed by atoms with E-state index in [9.17, 15) is 4.79 Å². The minimum atomic E-state index is 0.0530. The van der Waals surface area contributed by atoms with Gasteiger partial charge in [0.25, 0.3) is 5.91 Å². The molecule has 1 aromatic carbocycles. The first-order chi connectivity index (χ1) is 12.0. The molecule has 0 aliphatic carbocycles. The van der Waals surface area contributed by atoms with Crippen molar-refractivity contribution in [2.45, 2.75) is 20.3 Å². The van der Waals surface area contributed by atoms with E-state index in [4.69, 9.17) is 4.98 Å². The molecule has 0 spiro atoms. The number of rotatable bonds is 6. The van der Waals surface area contributed by atoms with Crippen molar-refractivity contribution in [2.75, 3.05) is 32.1 Å². The van der Waals surface area contributed by atoms with Gasteiger partial charge in [-0.1, -0.05) is 23.5 Å². The van der Waals surface area contributed by atoms with E-state index in [0.717, 1.165) is 28.5 Å². The number of nitrogens with zero attached hydrogens (tertiary/aromatic N) is 2. The third-order valence-corrected chi connectivity index (χ3v) is 6.16. The van der Waals surface area contributed by atoms with Gasteiger partial charge in [0.05, 0.1) is 35.7 Å². The Balaban J connectivity index is 1.95. The largest absolute Gasteiger partial charge is 0.340 e. The molecule has 0 radical (unpaired) electrons. The number of aromatic nitrogens is 1. The number of quaternary nitrogens is 1. The van der Waals surface area contributed by atoms with Crippen molar-refractivity contribution in [3.8, 4) is 0 Å². The molecule has 4 nitrogen and oxygen atoms in total. The maximum atomic E-state index is 13.0. The Labute approximate surface area is 156 Å². The van der Waals surface area contributed by atoms with Gasteiger partial charge in [-0.05, 0) is 42.5 Å². The van der Waals surface area contributed by atoms with Crippen LogP contribution in [0.25, 0.3) is 10.2 Å². The smallest absolute Gasteiger partial charge is 0.270 e. The Hall–Kier alpha value is -1.76. The minimum absolute atomic E-state index is 0.0530. The number of hydrogen-bond donors (Lipinski definition) is 1. The fourth-order valence-corrected chi connectivity index (χ4v) is 4.60. The molecule has 0 saturated heterocycles. The molecule has 0 aliphatic rings. The summed E-state index contributed by atoms with van der Waals surface area (Å²) in [5.74, 6) is 0.0530. The summed E-state index contributed by atoms with van der Waals surface area (Å²) in [5.41, 5.74) is 3.41. The summed E-state index contributed by atoms with van der Waals surface area (Å²) in [6.07, 6.45) is 0.952. The van der Waals surface area contributed by atoms with Crippen LogP contribution < -0.4 is 9.80 Å². The number of nitrogens with one attached hydrogen (secondary N) is 1. The number of thiophene rings is 1. The highest BCUT2D eigenvalue weighted by Gasteiger charge is 2.22. The molecule has 25 heavy (non-hydrogen) atoms. The number of carbonyl (C=O) groups is 1. The van der Waals surface area contributed by atoms with Gasteiger partial charge in [-0.15, -0.1) is 11.3 Å². The molecule has 2 heterocycles. The molecule has 0 bridgehead atoms. The van der Waals surface area contributed by atoms with E-state index < -0.39 is 0 Å². The van der Waals surface area contributed by atoms with Crippen LogP contribution in [0.1, 0.15) is 27.2 Å². The summed E-state index contributed by atoms with van der Waals surface area (Å²) >= 11 is 3.10. The molecule has 2 aromatic heterocycles. The van der Waals surface area contributed by atoms with Gasteiger partial charge in [-0.3, -0.25) is 9.69 Å². The molecule has 0 fully saturated rings. The van der Waals surface area contributed by atoms with Crippen molar-refractivity contribution >= 4 is 43.9 Å². The van der Waals surface area contributed by atoms with E-state index in [0.29, 0.717) is 6.54 Å². The molecule has 0 saturated carbocycles. The van der Waals surface area contributed by atoms with Gasteiger partial charge < -0.3 is 4.90 Å². The quantitative estimate of drug-likeness (QED) is 0.720. The lowest BCUT2D eigenvalue weighted by atomic mass is 10.1. The summed E-state index contributed by atoms with van der Waals surface area (Å²) in [5, 5.41) is 2.75. The molecule has 0 atom stereocenters. The lowest BCUT2D eigenvalue weighted by Crippen LogP contribution is -3.05. The number of thiazole rings is 1. The van der Waals surface area contributed by atoms with Crippen molar-refractivity contribution in [3.63, 3.8) is 0 Å². The van der Waals surface area contributed by atoms with Crippen LogP contribution in [0.3, 0.4) is 0 Å². The molecule has 6 heteroatoms. The monoisotopic (exact) mass is 374 g/mol. The van der Waals surface area contributed by atoms with Gasteiger partial charge >= 0.3 is 0 Å². The third kappa shape index (κ3) is 4.08. The highest BCUT2D eigenvalue weighted by Crippen LogP contribution is 2.33. The van der Waals surface area contributed by atoms with Gasteiger partial charge in [-0.25, -0.2) is 4.98 Å². The first-order valence-electron chi connectivity index (χ1n) is 8.48. The first-order valence-corrected chi connectivity index (χ1v) is 10.2. The van der Waals surface area contributed by atoms with Crippen molar-refractivity contribution in [1.82, 2.24) is 4.98 Å². The predicted molar refractivity (Wildman–Crippen MR) is 107 cm³/mol. The lowest BCUT2D eigenvalue weighted by molar-refractivity contribution is -0.858. The summed E-state index contributed by atoms with van der Waals surface area (Å²) in [6, 6.07) is 8.08. The summed E-state index contributed by atoms with van der Waals surface area (Å²) in [7, 11) is 4.27. The molecule has 3 aromatic rings. The van der Waals surface area contributed by atoms with E-state index in [-0.39, 0.29) is 5.91 Å². The van der Waals surface area contributed by atoms with E-state index in [1.807, 2.05) is 22.4 Å². The summed E-state index contributed by atoms with van der Waals surface area (Å²) in [6.45, 7) is 5.91.